The highest BCUT2D eigenvalue weighted by Gasteiger charge is 2.26. The Kier molecular flexibility index (Phi) is 5.53. The number of carbonyl (C=O) groups excluding carboxylic acids is 1. The van der Waals surface area contributed by atoms with Gasteiger partial charge in [-0.25, -0.2) is 8.42 Å². The molecule has 0 bridgehead atoms. The molecule has 26 heavy (non-hydrogen) atoms. The average molecular weight is 393 g/mol. The van der Waals surface area contributed by atoms with Gasteiger partial charge in [-0.05, 0) is 54.8 Å². The number of anilines is 1. The molecule has 0 aliphatic carbocycles. The van der Waals surface area contributed by atoms with Crippen molar-refractivity contribution < 1.29 is 13.2 Å². The molecule has 2 aromatic carbocycles. The number of sulfonamides is 1. The summed E-state index contributed by atoms with van der Waals surface area (Å²) in [5.41, 5.74) is 2.13. The summed E-state index contributed by atoms with van der Waals surface area (Å²) in [6, 6.07) is 14.1. The lowest BCUT2D eigenvalue weighted by molar-refractivity contribution is 0.0785. The molecule has 0 spiro atoms. The van der Waals surface area contributed by atoms with Crippen molar-refractivity contribution in [3.8, 4) is 0 Å². The molecule has 0 atom stereocenters. The molecule has 2 aromatic rings. The van der Waals surface area contributed by atoms with E-state index in [0.29, 0.717) is 35.8 Å². The third kappa shape index (κ3) is 4.19. The van der Waals surface area contributed by atoms with Crippen LogP contribution >= 0.6 is 11.6 Å². The van der Waals surface area contributed by atoms with Gasteiger partial charge in [-0.15, -0.1) is 0 Å². The lowest BCUT2D eigenvalue weighted by atomic mass is 10.1. The van der Waals surface area contributed by atoms with E-state index >= 15 is 0 Å². The summed E-state index contributed by atoms with van der Waals surface area (Å²) in [6.45, 7) is 0.963. The van der Waals surface area contributed by atoms with E-state index in [1.807, 2.05) is 12.1 Å². The number of rotatable bonds is 4. The Hall–Kier alpha value is -2.05. The molecule has 0 unspecified atom stereocenters. The normalized spacial score (nSPS) is 16.3. The number of hydrogen-bond donors (Lipinski definition) is 0. The standard InChI is InChI=1S/C19H21ClN2O3S/c1-21(14-15-4-8-17(20)9-5-15)19(23)16-6-10-18(11-7-16)22-12-2-3-13-26(22,24)25/h4-11H,2-3,12-14H2,1H3. The van der Waals surface area contributed by atoms with Crippen LogP contribution in [-0.4, -0.2) is 38.6 Å². The Morgan fingerprint density at radius 3 is 2.35 bits per heavy atom. The highest BCUT2D eigenvalue weighted by Crippen LogP contribution is 2.24. The summed E-state index contributed by atoms with van der Waals surface area (Å²) in [4.78, 5) is 14.2. The van der Waals surface area contributed by atoms with Crippen molar-refractivity contribution in [3.05, 3.63) is 64.7 Å². The Morgan fingerprint density at radius 2 is 1.73 bits per heavy atom. The Labute approximate surface area is 159 Å². The second-order valence-electron chi connectivity index (χ2n) is 6.43. The van der Waals surface area contributed by atoms with Crippen LogP contribution in [-0.2, 0) is 16.6 Å². The smallest absolute Gasteiger partial charge is 0.253 e. The van der Waals surface area contributed by atoms with Gasteiger partial charge in [-0.1, -0.05) is 23.7 Å². The van der Waals surface area contributed by atoms with Crippen LogP contribution < -0.4 is 4.31 Å². The van der Waals surface area contributed by atoms with E-state index in [9.17, 15) is 13.2 Å². The zero-order chi connectivity index (χ0) is 18.7. The van der Waals surface area contributed by atoms with Gasteiger partial charge in [0.25, 0.3) is 5.91 Å². The summed E-state index contributed by atoms with van der Waals surface area (Å²) in [6.07, 6.45) is 1.55. The van der Waals surface area contributed by atoms with Gasteiger partial charge in [-0.2, -0.15) is 0 Å². The summed E-state index contributed by atoms with van der Waals surface area (Å²) >= 11 is 5.88. The highest BCUT2D eigenvalue weighted by molar-refractivity contribution is 7.92. The van der Waals surface area contributed by atoms with Crippen LogP contribution in [0.5, 0.6) is 0 Å². The fourth-order valence-electron chi connectivity index (χ4n) is 3.00. The first-order chi connectivity index (χ1) is 12.4. The molecule has 1 aliphatic rings. The highest BCUT2D eigenvalue weighted by atomic mass is 35.5. The van der Waals surface area contributed by atoms with Gasteiger partial charge in [0.15, 0.2) is 0 Å². The quantitative estimate of drug-likeness (QED) is 0.799. The maximum atomic E-state index is 12.6. The van der Waals surface area contributed by atoms with Crippen molar-refractivity contribution in [3.63, 3.8) is 0 Å². The number of halogens is 1. The van der Waals surface area contributed by atoms with E-state index in [1.165, 1.54) is 4.31 Å². The van der Waals surface area contributed by atoms with Crippen LogP contribution in [0.15, 0.2) is 48.5 Å². The first-order valence-corrected chi connectivity index (χ1v) is 10.5. The summed E-state index contributed by atoms with van der Waals surface area (Å²) < 4.78 is 25.8. The van der Waals surface area contributed by atoms with Gasteiger partial charge in [0.1, 0.15) is 0 Å². The molecule has 0 radical (unpaired) electrons. The minimum Gasteiger partial charge on any atom is -0.337 e. The first-order valence-electron chi connectivity index (χ1n) is 8.47. The molecular formula is C19H21ClN2O3S. The van der Waals surface area contributed by atoms with Crippen molar-refractivity contribution in [1.29, 1.82) is 0 Å². The van der Waals surface area contributed by atoms with Gasteiger partial charge in [0.05, 0.1) is 11.4 Å². The van der Waals surface area contributed by atoms with Crippen molar-refractivity contribution in [2.24, 2.45) is 0 Å². The Balaban J connectivity index is 1.71. The predicted octanol–water partition coefficient (Wildman–Crippen LogP) is 3.54. The molecule has 138 valence electrons. The molecule has 1 heterocycles. The molecule has 0 N–H and O–H groups in total. The fourth-order valence-corrected chi connectivity index (χ4v) is 4.77. The molecule has 1 fully saturated rings. The molecule has 1 aliphatic heterocycles. The Bertz CT molecular complexity index is 880. The minimum atomic E-state index is -3.24. The van der Waals surface area contributed by atoms with Gasteiger partial charge in [-0.3, -0.25) is 9.10 Å². The van der Waals surface area contributed by atoms with Crippen LogP contribution in [0.25, 0.3) is 0 Å². The van der Waals surface area contributed by atoms with Crippen LogP contribution in [0.3, 0.4) is 0 Å². The van der Waals surface area contributed by atoms with E-state index in [1.54, 1.807) is 48.3 Å². The summed E-state index contributed by atoms with van der Waals surface area (Å²) in [5, 5.41) is 0.658. The van der Waals surface area contributed by atoms with Crippen molar-refractivity contribution in [2.75, 3.05) is 23.7 Å². The van der Waals surface area contributed by atoms with E-state index in [2.05, 4.69) is 0 Å². The predicted molar refractivity (Wildman–Crippen MR) is 104 cm³/mol. The number of amides is 1. The third-order valence-electron chi connectivity index (χ3n) is 4.43. The second kappa shape index (κ2) is 7.68. The van der Waals surface area contributed by atoms with Crippen molar-refractivity contribution in [2.45, 2.75) is 19.4 Å². The van der Waals surface area contributed by atoms with Gasteiger partial charge in [0.2, 0.25) is 10.0 Å². The molecule has 0 saturated carbocycles. The zero-order valence-electron chi connectivity index (χ0n) is 14.6. The first kappa shape index (κ1) is 18.7. The fraction of sp³-hybridized carbons (Fsp3) is 0.316. The monoisotopic (exact) mass is 392 g/mol. The van der Waals surface area contributed by atoms with Gasteiger partial charge >= 0.3 is 0 Å². The molecular weight excluding hydrogens is 372 g/mol. The minimum absolute atomic E-state index is 0.118. The molecule has 5 nitrogen and oxygen atoms in total. The molecule has 0 aromatic heterocycles. The number of nitrogens with zero attached hydrogens (tertiary/aromatic N) is 2. The summed E-state index contributed by atoms with van der Waals surface area (Å²) in [5.74, 6) is 0.0605. The number of benzene rings is 2. The number of hydrogen-bond acceptors (Lipinski definition) is 3. The van der Waals surface area contributed by atoms with Crippen LogP contribution in [0, 0.1) is 0 Å². The van der Waals surface area contributed by atoms with Crippen LogP contribution in [0.2, 0.25) is 5.02 Å². The van der Waals surface area contributed by atoms with E-state index in [4.69, 9.17) is 11.6 Å². The lowest BCUT2D eigenvalue weighted by Gasteiger charge is -2.28. The number of carbonyl (C=O) groups is 1. The average Bonchev–Trinajstić information content (AvgIpc) is 2.63. The molecule has 1 amide bonds. The van der Waals surface area contributed by atoms with Gasteiger partial charge < -0.3 is 4.90 Å². The van der Waals surface area contributed by atoms with E-state index < -0.39 is 10.0 Å². The van der Waals surface area contributed by atoms with E-state index in [-0.39, 0.29) is 11.7 Å². The van der Waals surface area contributed by atoms with Crippen molar-refractivity contribution in [1.82, 2.24) is 4.90 Å². The maximum Gasteiger partial charge on any atom is 0.253 e. The molecule has 1 saturated heterocycles. The Morgan fingerprint density at radius 1 is 1.08 bits per heavy atom. The van der Waals surface area contributed by atoms with E-state index in [0.717, 1.165) is 12.0 Å². The van der Waals surface area contributed by atoms with Gasteiger partial charge in [0, 0.05) is 30.7 Å². The largest absolute Gasteiger partial charge is 0.337 e. The second-order valence-corrected chi connectivity index (χ2v) is 8.88. The lowest BCUT2D eigenvalue weighted by Crippen LogP contribution is -2.37. The van der Waals surface area contributed by atoms with Crippen LogP contribution in [0.4, 0.5) is 5.69 Å². The topological polar surface area (TPSA) is 57.7 Å². The summed E-state index contributed by atoms with van der Waals surface area (Å²) in [7, 11) is -1.51. The zero-order valence-corrected chi connectivity index (χ0v) is 16.1. The SMILES string of the molecule is CN(Cc1ccc(Cl)cc1)C(=O)c1ccc(N2CCCCS2(=O)=O)cc1. The maximum absolute atomic E-state index is 12.6. The molecule has 3 rings (SSSR count). The van der Waals surface area contributed by atoms with Crippen LogP contribution in [0.1, 0.15) is 28.8 Å². The third-order valence-corrected chi connectivity index (χ3v) is 6.55. The molecule has 7 heteroatoms. The van der Waals surface area contributed by atoms with Crippen molar-refractivity contribution >= 4 is 33.2 Å².